The van der Waals surface area contributed by atoms with Crippen LogP contribution in [-0.4, -0.2) is 24.9 Å². The lowest BCUT2D eigenvalue weighted by molar-refractivity contribution is 0.581. The molecule has 0 saturated heterocycles. The number of nitrogen functional groups attached to an aromatic ring is 1. The summed E-state index contributed by atoms with van der Waals surface area (Å²) in [5, 5.41) is 0. The fraction of sp³-hybridized carbons (Fsp3) is 0.182. The van der Waals surface area contributed by atoms with Crippen LogP contribution in [0.5, 0.6) is 0 Å². The molecule has 0 fully saturated rings. The summed E-state index contributed by atoms with van der Waals surface area (Å²) in [6, 6.07) is 4.72. The Morgan fingerprint density at radius 2 is 2.21 bits per heavy atom. The number of halogens is 1. The summed E-state index contributed by atoms with van der Waals surface area (Å²) in [5.74, 6) is 0. The van der Waals surface area contributed by atoms with Crippen molar-refractivity contribution >= 4 is 31.6 Å². The first kappa shape index (κ1) is 14.0. The van der Waals surface area contributed by atoms with Gasteiger partial charge in [-0.25, -0.2) is 18.1 Å². The minimum absolute atomic E-state index is 0.0754. The van der Waals surface area contributed by atoms with Crippen LogP contribution >= 0.6 is 15.9 Å². The van der Waals surface area contributed by atoms with Crippen molar-refractivity contribution in [3.63, 3.8) is 0 Å². The Balaban J connectivity index is 2.07. The third-order valence-electron chi connectivity index (χ3n) is 2.51. The molecular weight excluding hydrogens is 332 g/mol. The van der Waals surface area contributed by atoms with Crippen LogP contribution in [0.1, 0.15) is 5.69 Å². The molecule has 0 amide bonds. The molecule has 0 spiro atoms. The fourth-order valence-corrected chi connectivity index (χ4v) is 3.26. The summed E-state index contributed by atoms with van der Waals surface area (Å²) >= 11 is 3.23. The molecule has 6 nitrogen and oxygen atoms in total. The van der Waals surface area contributed by atoms with E-state index in [9.17, 15) is 8.42 Å². The van der Waals surface area contributed by atoms with Gasteiger partial charge in [0.2, 0.25) is 10.0 Å². The van der Waals surface area contributed by atoms with Gasteiger partial charge in [-0.2, -0.15) is 0 Å². The summed E-state index contributed by atoms with van der Waals surface area (Å²) in [4.78, 5) is 6.84. The second-order valence-corrected chi connectivity index (χ2v) is 6.56. The normalized spacial score (nSPS) is 11.6. The Morgan fingerprint density at radius 1 is 1.42 bits per heavy atom. The molecule has 0 aliphatic rings. The number of sulfonamides is 1. The maximum Gasteiger partial charge on any atom is 0.242 e. The molecule has 102 valence electrons. The summed E-state index contributed by atoms with van der Waals surface area (Å²) in [6.45, 7) is 0.274. The van der Waals surface area contributed by atoms with Crippen molar-refractivity contribution in [2.24, 2.45) is 0 Å². The lowest BCUT2D eigenvalue weighted by atomic mass is 10.3. The molecule has 0 atom stereocenters. The van der Waals surface area contributed by atoms with E-state index in [1.54, 1.807) is 24.7 Å². The van der Waals surface area contributed by atoms with Crippen LogP contribution in [0.15, 0.2) is 40.1 Å². The molecule has 8 heteroatoms. The van der Waals surface area contributed by atoms with Gasteiger partial charge in [0.15, 0.2) is 0 Å². The van der Waals surface area contributed by atoms with Crippen LogP contribution in [0.4, 0.5) is 5.69 Å². The quantitative estimate of drug-likeness (QED) is 0.711. The van der Waals surface area contributed by atoms with Crippen LogP contribution < -0.4 is 10.5 Å². The molecule has 4 N–H and O–H groups in total. The number of benzene rings is 1. The molecule has 19 heavy (non-hydrogen) atoms. The molecule has 0 aliphatic carbocycles. The van der Waals surface area contributed by atoms with E-state index in [-0.39, 0.29) is 17.1 Å². The van der Waals surface area contributed by atoms with Gasteiger partial charge in [0.25, 0.3) is 0 Å². The molecule has 2 rings (SSSR count). The van der Waals surface area contributed by atoms with E-state index < -0.39 is 10.0 Å². The van der Waals surface area contributed by atoms with E-state index in [1.165, 1.54) is 6.07 Å². The molecule has 0 saturated carbocycles. The van der Waals surface area contributed by atoms with Gasteiger partial charge >= 0.3 is 0 Å². The Bertz CT molecular complexity index is 655. The largest absolute Gasteiger partial charge is 0.398 e. The van der Waals surface area contributed by atoms with E-state index in [0.29, 0.717) is 10.9 Å². The molecule has 1 aromatic heterocycles. The van der Waals surface area contributed by atoms with E-state index in [1.807, 2.05) is 0 Å². The Hall–Kier alpha value is -1.38. The maximum absolute atomic E-state index is 12.1. The topological polar surface area (TPSA) is 101 Å². The molecule has 0 aliphatic heterocycles. The van der Waals surface area contributed by atoms with E-state index in [0.717, 1.165) is 5.69 Å². The third kappa shape index (κ3) is 3.55. The highest BCUT2D eigenvalue weighted by molar-refractivity contribution is 9.10. The van der Waals surface area contributed by atoms with E-state index in [2.05, 4.69) is 30.6 Å². The van der Waals surface area contributed by atoms with E-state index in [4.69, 9.17) is 5.73 Å². The minimum atomic E-state index is -3.61. The van der Waals surface area contributed by atoms with Gasteiger partial charge in [-0.3, -0.25) is 0 Å². The van der Waals surface area contributed by atoms with Crippen molar-refractivity contribution < 1.29 is 8.42 Å². The number of nitrogens with zero attached hydrogens (tertiary/aromatic N) is 1. The van der Waals surface area contributed by atoms with E-state index >= 15 is 0 Å². The van der Waals surface area contributed by atoms with Crippen molar-refractivity contribution in [1.29, 1.82) is 0 Å². The standard InChI is InChI=1S/C11H13BrN4O2S/c12-8-1-2-10(13)11(5-8)19(17,18)16-4-3-9-6-14-7-15-9/h1-2,5-7,16H,3-4,13H2,(H,14,15). The minimum Gasteiger partial charge on any atom is -0.398 e. The zero-order chi connectivity index (χ0) is 13.9. The zero-order valence-electron chi connectivity index (χ0n) is 9.93. The highest BCUT2D eigenvalue weighted by Crippen LogP contribution is 2.22. The first-order valence-electron chi connectivity index (χ1n) is 5.51. The Morgan fingerprint density at radius 3 is 2.89 bits per heavy atom. The monoisotopic (exact) mass is 344 g/mol. The predicted octanol–water partition coefficient (Wildman–Crippen LogP) is 1.28. The first-order chi connectivity index (χ1) is 8.99. The fourth-order valence-electron chi connectivity index (χ4n) is 1.56. The smallest absolute Gasteiger partial charge is 0.242 e. The predicted molar refractivity (Wildman–Crippen MR) is 76.0 cm³/mol. The van der Waals surface area contributed by atoms with Gasteiger partial charge in [0.05, 0.1) is 12.0 Å². The molecular formula is C11H13BrN4O2S. The highest BCUT2D eigenvalue weighted by atomic mass is 79.9. The summed E-state index contributed by atoms with van der Waals surface area (Å²) in [5.41, 5.74) is 6.77. The number of rotatable bonds is 5. The van der Waals surface area contributed by atoms with Crippen LogP contribution in [0, 0.1) is 0 Å². The van der Waals surface area contributed by atoms with Crippen LogP contribution in [0.2, 0.25) is 0 Å². The van der Waals surface area contributed by atoms with Gasteiger partial charge < -0.3 is 10.7 Å². The van der Waals surface area contributed by atoms with Gasteiger partial charge in [0, 0.05) is 29.3 Å². The van der Waals surface area contributed by atoms with Crippen LogP contribution in [0.25, 0.3) is 0 Å². The van der Waals surface area contributed by atoms with Crippen molar-refractivity contribution in [1.82, 2.24) is 14.7 Å². The molecule has 0 unspecified atom stereocenters. The average Bonchev–Trinajstić information content (AvgIpc) is 2.85. The number of nitrogens with two attached hydrogens (primary N) is 1. The molecule has 1 aromatic carbocycles. The van der Waals surface area contributed by atoms with Gasteiger partial charge in [0.1, 0.15) is 4.90 Å². The second-order valence-electron chi connectivity index (χ2n) is 3.91. The highest BCUT2D eigenvalue weighted by Gasteiger charge is 2.17. The number of anilines is 1. The van der Waals surface area contributed by atoms with Crippen molar-refractivity contribution in [3.05, 3.63) is 40.9 Å². The van der Waals surface area contributed by atoms with Gasteiger partial charge in [-0.05, 0) is 18.2 Å². The second kappa shape index (κ2) is 5.72. The zero-order valence-corrected chi connectivity index (χ0v) is 12.3. The summed E-state index contributed by atoms with van der Waals surface area (Å²) in [6.07, 6.45) is 3.74. The van der Waals surface area contributed by atoms with Crippen LogP contribution in [0.3, 0.4) is 0 Å². The Kier molecular flexibility index (Phi) is 4.23. The number of aromatic amines is 1. The van der Waals surface area contributed by atoms with Crippen molar-refractivity contribution in [2.45, 2.75) is 11.3 Å². The number of H-pyrrole nitrogens is 1. The maximum atomic E-state index is 12.1. The van der Waals surface area contributed by atoms with Crippen molar-refractivity contribution in [2.75, 3.05) is 12.3 Å². The summed E-state index contributed by atoms with van der Waals surface area (Å²) < 4.78 is 27.4. The number of hydrogen-bond acceptors (Lipinski definition) is 4. The lowest BCUT2D eigenvalue weighted by Crippen LogP contribution is -2.26. The average molecular weight is 345 g/mol. The lowest BCUT2D eigenvalue weighted by Gasteiger charge is -2.09. The SMILES string of the molecule is Nc1ccc(Br)cc1S(=O)(=O)NCCc1cnc[nH]1. The number of hydrogen-bond donors (Lipinski definition) is 3. The number of aromatic nitrogens is 2. The molecule has 2 aromatic rings. The van der Waals surface area contributed by atoms with Crippen LogP contribution in [-0.2, 0) is 16.4 Å². The molecule has 0 radical (unpaired) electrons. The first-order valence-corrected chi connectivity index (χ1v) is 7.78. The number of imidazole rings is 1. The van der Waals surface area contributed by atoms with Crippen molar-refractivity contribution in [3.8, 4) is 0 Å². The van der Waals surface area contributed by atoms with Gasteiger partial charge in [-0.1, -0.05) is 15.9 Å². The Labute approximate surface area is 119 Å². The number of nitrogens with one attached hydrogen (secondary N) is 2. The molecule has 0 bridgehead atoms. The summed E-state index contributed by atoms with van der Waals surface area (Å²) in [7, 11) is -3.61. The third-order valence-corrected chi connectivity index (χ3v) is 4.52. The van der Waals surface area contributed by atoms with Gasteiger partial charge in [-0.15, -0.1) is 0 Å². The molecule has 1 heterocycles.